The molecule has 3 aliphatic heterocycles. The molecular formula is C45H60N2O8S. The van der Waals surface area contributed by atoms with Gasteiger partial charge >= 0.3 is 5.97 Å². The summed E-state index contributed by atoms with van der Waals surface area (Å²) in [5.74, 6) is -2.27. The van der Waals surface area contributed by atoms with Crippen LogP contribution >= 0.6 is 0 Å². The Morgan fingerprint density at radius 3 is 2.30 bits per heavy atom. The van der Waals surface area contributed by atoms with Gasteiger partial charge in [0.2, 0.25) is 21.8 Å². The molecule has 0 radical (unpaired) electrons. The van der Waals surface area contributed by atoms with Crippen molar-refractivity contribution in [1.29, 1.82) is 0 Å². The molecule has 0 spiro atoms. The zero-order valence-corrected chi connectivity index (χ0v) is 34.8. The lowest BCUT2D eigenvalue weighted by Gasteiger charge is -2.35. The van der Waals surface area contributed by atoms with Crippen molar-refractivity contribution >= 4 is 33.6 Å². The third-order valence-corrected chi connectivity index (χ3v) is 15.3. The maximum atomic E-state index is 15.0. The number of aryl methyl sites for hydroxylation is 1. The first-order chi connectivity index (χ1) is 26.4. The van der Waals surface area contributed by atoms with Gasteiger partial charge in [0.1, 0.15) is 5.60 Å². The lowest BCUT2D eigenvalue weighted by Crippen LogP contribution is -2.49. The molecule has 1 N–H and O–H groups in total. The molecule has 10 nitrogen and oxygen atoms in total. The van der Waals surface area contributed by atoms with Crippen LogP contribution in [0.4, 0.5) is 0 Å². The molecule has 1 saturated heterocycles. The van der Waals surface area contributed by atoms with Gasteiger partial charge in [-0.25, -0.2) is 8.42 Å². The molecule has 4 bridgehead atoms. The third kappa shape index (κ3) is 8.36. The van der Waals surface area contributed by atoms with Crippen molar-refractivity contribution in [2.45, 2.75) is 129 Å². The minimum absolute atomic E-state index is 0.0740. The van der Waals surface area contributed by atoms with Crippen molar-refractivity contribution in [3.8, 4) is 11.1 Å². The van der Waals surface area contributed by atoms with E-state index < -0.39 is 55.5 Å². The van der Waals surface area contributed by atoms with Gasteiger partial charge in [-0.05, 0) is 96.3 Å². The fourth-order valence-electron chi connectivity index (χ4n) is 9.41. The van der Waals surface area contributed by atoms with Crippen LogP contribution in [0.1, 0.15) is 116 Å². The number of carbonyl (C=O) groups excluding carboxylic acids is 4. The van der Waals surface area contributed by atoms with Gasteiger partial charge in [-0.1, -0.05) is 89.6 Å². The quantitative estimate of drug-likeness (QED) is 0.279. The first-order valence-corrected chi connectivity index (χ1v) is 22.2. The molecule has 2 aromatic rings. The number of Topliss-reactive ketones (excluding diaryl/α,β-unsaturated/α-hetero) is 1. The Kier molecular flexibility index (Phi) is 10.9. The number of amides is 2. The molecule has 3 aliphatic carbocycles. The second-order valence-corrected chi connectivity index (χ2v) is 21.4. The molecule has 0 unspecified atom stereocenters. The van der Waals surface area contributed by atoms with Crippen molar-refractivity contribution in [3.05, 3.63) is 59.7 Å². The van der Waals surface area contributed by atoms with E-state index in [0.717, 1.165) is 55.2 Å². The van der Waals surface area contributed by atoms with Crippen LogP contribution in [0, 0.1) is 34.0 Å². The van der Waals surface area contributed by atoms with Crippen LogP contribution in [0.25, 0.3) is 11.1 Å². The van der Waals surface area contributed by atoms with E-state index in [4.69, 9.17) is 9.47 Å². The number of ether oxygens (including phenoxy) is 2. The molecule has 3 saturated carbocycles. The van der Waals surface area contributed by atoms with Crippen molar-refractivity contribution in [2.24, 2.45) is 34.0 Å². The molecule has 6 aliphatic rings. The number of nitrogens with zero attached hydrogens (tertiary/aromatic N) is 1. The smallest absolute Gasteiger partial charge is 0.306 e. The van der Waals surface area contributed by atoms with Crippen LogP contribution in [0.3, 0.4) is 0 Å². The molecule has 11 heteroatoms. The standard InChI is InChI=1S/C45H60N2O8S/c1-42(2,3)35-23-39(49)55-28-43(4,5)22-10-9-12-29-11-7-8-13-34(29)30-16-18-32(19-17-30)45(54-6)25-37(47(27-45)40(35)50)38(48)26-44(24-36(44)31-14-15-31)41(51)46-56(52,53)33-20-21-33/h7-8,11,13,16-19,31,33,35-37H,9-10,12,14-15,20-28H2,1-6H3,(H,46,51)/t35-,36+,37+,44-,45+/m1/s1. The normalized spacial score (nSPS) is 30.0. The average molecular weight is 789 g/mol. The summed E-state index contributed by atoms with van der Waals surface area (Å²) in [7, 11) is -2.22. The second kappa shape index (κ2) is 15.0. The molecule has 2 aromatic carbocycles. The average Bonchev–Trinajstić information content (AvgIpc) is 4.02. The van der Waals surface area contributed by atoms with Crippen molar-refractivity contribution < 1.29 is 37.1 Å². The topological polar surface area (TPSA) is 136 Å². The first-order valence-electron chi connectivity index (χ1n) is 20.7. The Morgan fingerprint density at radius 1 is 0.964 bits per heavy atom. The van der Waals surface area contributed by atoms with E-state index >= 15 is 0 Å². The fourth-order valence-corrected chi connectivity index (χ4v) is 10.8. The van der Waals surface area contributed by atoms with Gasteiger partial charge in [-0.3, -0.25) is 23.9 Å². The summed E-state index contributed by atoms with van der Waals surface area (Å²) in [4.78, 5) is 58.9. The summed E-state index contributed by atoms with van der Waals surface area (Å²) in [6.45, 7) is 10.3. The lowest BCUT2D eigenvalue weighted by molar-refractivity contribution is -0.155. The molecule has 2 amide bonds. The third-order valence-electron chi connectivity index (χ3n) is 13.5. The Bertz CT molecular complexity index is 1960. The number of esters is 1. The number of hydrogen-bond acceptors (Lipinski definition) is 8. The fraction of sp³-hybridized carbons (Fsp3) is 0.644. The number of sulfonamides is 1. The monoisotopic (exact) mass is 788 g/mol. The zero-order valence-electron chi connectivity index (χ0n) is 34.0. The molecule has 5 atom stereocenters. The summed E-state index contributed by atoms with van der Waals surface area (Å²) >= 11 is 0. The molecule has 56 heavy (non-hydrogen) atoms. The largest absolute Gasteiger partial charge is 0.465 e. The van der Waals surface area contributed by atoms with E-state index in [0.29, 0.717) is 19.3 Å². The summed E-state index contributed by atoms with van der Waals surface area (Å²) in [6, 6.07) is 15.7. The van der Waals surface area contributed by atoms with Crippen molar-refractivity contribution in [2.75, 3.05) is 20.3 Å². The van der Waals surface area contributed by atoms with Crippen LogP contribution in [-0.4, -0.2) is 68.4 Å². The maximum absolute atomic E-state index is 15.0. The van der Waals surface area contributed by atoms with Gasteiger partial charge in [0.15, 0.2) is 5.78 Å². The van der Waals surface area contributed by atoms with E-state index in [2.05, 4.69) is 48.9 Å². The predicted molar refractivity (Wildman–Crippen MR) is 214 cm³/mol. The molecule has 0 aromatic heterocycles. The highest BCUT2D eigenvalue weighted by Crippen LogP contribution is 2.65. The Hall–Kier alpha value is -3.57. The van der Waals surface area contributed by atoms with E-state index in [1.807, 2.05) is 39.0 Å². The number of hydrogen-bond donors (Lipinski definition) is 1. The van der Waals surface area contributed by atoms with Crippen molar-refractivity contribution in [3.63, 3.8) is 0 Å². The number of ketones is 1. The lowest BCUT2D eigenvalue weighted by atomic mass is 9.77. The summed E-state index contributed by atoms with van der Waals surface area (Å²) in [6.07, 6.45) is 6.99. The molecule has 3 heterocycles. The van der Waals surface area contributed by atoms with Crippen LogP contribution in [0.15, 0.2) is 48.5 Å². The van der Waals surface area contributed by atoms with Crippen molar-refractivity contribution in [1.82, 2.24) is 9.62 Å². The number of benzene rings is 2. The van der Waals surface area contributed by atoms with E-state index in [1.54, 1.807) is 12.0 Å². The Balaban J connectivity index is 1.25. The molecular weight excluding hydrogens is 729 g/mol. The molecule has 304 valence electrons. The number of nitrogens with one attached hydrogen (secondary N) is 1. The zero-order chi connectivity index (χ0) is 40.3. The van der Waals surface area contributed by atoms with Crippen LogP contribution in [-0.2, 0) is 50.7 Å². The van der Waals surface area contributed by atoms with E-state index in [9.17, 15) is 27.6 Å². The van der Waals surface area contributed by atoms with Gasteiger partial charge in [0.25, 0.3) is 0 Å². The summed E-state index contributed by atoms with van der Waals surface area (Å²) < 4.78 is 40.5. The second-order valence-electron chi connectivity index (χ2n) is 19.4. The highest BCUT2D eigenvalue weighted by Gasteiger charge is 2.66. The van der Waals surface area contributed by atoms with Crippen LogP contribution in [0.2, 0.25) is 0 Å². The van der Waals surface area contributed by atoms with Gasteiger partial charge in [-0.2, -0.15) is 0 Å². The summed E-state index contributed by atoms with van der Waals surface area (Å²) in [5.41, 5.74) is 1.20. The van der Waals surface area contributed by atoms with E-state index in [1.165, 1.54) is 5.56 Å². The van der Waals surface area contributed by atoms with Gasteiger partial charge in [0.05, 0.1) is 42.2 Å². The number of carbonyl (C=O) groups is 4. The molecule has 4 fully saturated rings. The number of methoxy groups -OCH3 is 1. The van der Waals surface area contributed by atoms with Gasteiger partial charge < -0.3 is 14.4 Å². The highest BCUT2D eigenvalue weighted by molar-refractivity contribution is 7.90. The van der Waals surface area contributed by atoms with E-state index in [-0.39, 0.29) is 61.4 Å². The van der Waals surface area contributed by atoms with Crippen LogP contribution < -0.4 is 4.72 Å². The van der Waals surface area contributed by atoms with Gasteiger partial charge in [0, 0.05) is 20.0 Å². The number of rotatable bonds is 8. The number of fused-ring (bicyclic) bond motifs is 12. The molecule has 8 rings (SSSR count). The minimum Gasteiger partial charge on any atom is -0.465 e. The predicted octanol–water partition coefficient (Wildman–Crippen LogP) is 7.13. The Morgan fingerprint density at radius 2 is 1.66 bits per heavy atom. The minimum atomic E-state index is -3.81. The SMILES string of the molecule is CO[C@@]12C[C@@H](C(=O)C[C@]3(C(=O)NS(=O)(=O)C4CC4)C[C@H]3C3CC3)N(C1)C(=O)[C@H](C(C)(C)C)CC(=O)OCC(C)(C)CCCCc1ccccc1-c1ccc2cc1. The highest BCUT2D eigenvalue weighted by atomic mass is 32.2. The first kappa shape index (κ1) is 40.6. The Labute approximate surface area is 332 Å². The maximum Gasteiger partial charge on any atom is 0.306 e. The van der Waals surface area contributed by atoms with Crippen LogP contribution in [0.5, 0.6) is 0 Å². The summed E-state index contributed by atoms with van der Waals surface area (Å²) in [5, 5.41) is -0.568. The van der Waals surface area contributed by atoms with Gasteiger partial charge in [-0.15, -0.1) is 0 Å².